The Morgan fingerprint density at radius 2 is 1.40 bits per heavy atom. The molecule has 0 rings (SSSR count). The molecule has 0 unspecified atom stereocenters. The van der Waals surface area contributed by atoms with Gasteiger partial charge in [0.1, 0.15) is 0 Å². The molecule has 0 heterocycles. The molecular weight excluding hydrogens is 74.8 g/mol. The fourth-order valence-electron chi connectivity index (χ4n) is 0. The normalized spacial score (nSPS) is 1.60. The standard InChI is InChI=1S/BHO2.2H2O/c2-1-3;;/h2H;2*1H2. The van der Waals surface area contributed by atoms with Gasteiger partial charge in [-0.25, -0.2) is 0 Å². The van der Waals surface area contributed by atoms with E-state index in [2.05, 4.69) is 0 Å². The molecule has 5 N–H and O–H groups in total. The van der Waals surface area contributed by atoms with E-state index in [0.717, 1.165) is 0 Å². The zero-order valence-electron chi connectivity index (χ0n) is 2.43. The molecule has 0 aromatic rings. The van der Waals surface area contributed by atoms with E-state index < -0.39 is 0 Å². The summed E-state index contributed by atoms with van der Waals surface area (Å²) in [6.45, 7) is 0. The summed E-state index contributed by atoms with van der Waals surface area (Å²) >= 11 is 0. The van der Waals surface area contributed by atoms with Crippen molar-refractivity contribution in [3.8, 4) is 0 Å². The molecule has 0 aliphatic rings. The second kappa shape index (κ2) is 70.0. The van der Waals surface area contributed by atoms with Crippen LogP contribution in [0.5, 0.6) is 0 Å². The van der Waals surface area contributed by atoms with Gasteiger partial charge in [0.2, 0.25) is 0 Å². The van der Waals surface area contributed by atoms with Crippen LogP contribution < -0.4 is 0 Å². The van der Waals surface area contributed by atoms with Crippen LogP contribution in [0.3, 0.4) is 0 Å². The van der Waals surface area contributed by atoms with Crippen LogP contribution in [0.4, 0.5) is 0 Å². The fraction of sp³-hybridized carbons (Fsp3) is 0. The summed E-state index contributed by atoms with van der Waals surface area (Å²) in [6, 6.07) is 0. The molecule has 0 atom stereocenters. The summed E-state index contributed by atoms with van der Waals surface area (Å²) in [7, 11) is -0.250. The molecule has 0 bridgehead atoms. The van der Waals surface area contributed by atoms with Crippen molar-refractivity contribution in [2.45, 2.75) is 0 Å². The van der Waals surface area contributed by atoms with Crippen molar-refractivity contribution in [3.63, 3.8) is 0 Å². The van der Waals surface area contributed by atoms with Gasteiger partial charge in [-0.2, -0.15) is 0 Å². The Balaban J connectivity index is -0.0000000200. The van der Waals surface area contributed by atoms with Gasteiger partial charge in [-0.15, -0.1) is 0 Å². The maximum atomic E-state index is 8.36. The molecule has 0 saturated heterocycles. The third-order valence-corrected chi connectivity index (χ3v) is 0. The predicted octanol–water partition coefficient (Wildman–Crippen LogP) is -2.71. The summed E-state index contributed by atoms with van der Waals surface area (Å²) in [6.07, 6.45) is 0. The number of hydrogen-bond donors (Lipinski definition) is 1. The van der Waals surface area contributed by atoms with Gasteiger partial charge in [0.05, 0.1) is 0 Å². The van der Waals surface area contributed by atoms with E-state index in [0.29, 0.717) is 0 Å². The van der Waals surface area contributed by atoms with Crippen LogP contribution in [0.2, 0.25) is 0 Å². The second-order valence-electron chi connectivity index (χ2n) is 0.105. The molecule has 0 fully saturated rings. The third-order valence-electron chi connectivity index (χ3n) is 0. The molecule has 0 aromatic heterocycles. The van der Waals surface area contributed by atoms with Crippen molar-refractivity contribution in [2.24, 2.45) is 0 Å². The first kappa shape index (κ1) is 23.5. The van der Waals surface area contributed by atoms with E-state index in [9.17, 15) is 0 Å². The van der Waals surface area contributed by atoms with Gasteiger partial charge in [-0.05, 0) is 0 Å². The zero-order valence-corrected chi connectivity index (χ0v) is 2.43. The van der Waals surface area contributed by atoms with E-state index in [1.807, 2.05) is 0 Å². The first-order valence-corrected chi connectivity index (χ1v) is 0.494. The molecule has 5 heavy (non-hydrogen) atoms. The summed E-state index contributed by atoms with van der Waals surface area (Å²) in [5.74, 6) is 0. The molecule has 5 heteroatoms. The van der Waals surface area contributed by atoms with Gasteiger partial charge in [0.25, 0.3) is 0 Å². The Morgan fingerprint density at radius 3 is 1.40 bits per heavy atom. The van der Waals surface area contributed by atoms with E-state index in [1.54, 1.807) is 0 Å². The first-order valence-electron chi connectivity index (χ1n) is 0.494. The Hall–Kier alpha value is -0.415. The number of hydrogen-bond acceptors (Lipinski definition) is 1. The van der Waals surface area contributed by atoms with Crippen LogP contribution in [-0.4, -0.2) is 23.3 Å². The van der Waals surface area contributed by atoms with Crippen LogP contribution in [0.1, 0.15) is 0 Å². The summed E-state index contributed by atoms with van der Waals surface area (Å²) in [4.78, 5) is 0. The Labute approximate surface area is 29.3 Å². The molecule has 0 spiro atoms. The van der Waals surface area contributed by atoms with E-state index in [4.69, 9.17) is 9.73 Å². The van der Waals surface area contributed by atoms with Gasteiger partial charge in [-0.3, -0.25) is 0 Å². The zero-order chi connectivity index (χ0) is 2.71. The maximum absolute atomic E-state index is 8.36. The van der Waals surface area contributed by atoms with Crippen molar-refractivity contribution in [3.05, 3.63) is 0 Å². The molecule has 0 aromatic carbocycles. The second-order valence-corrected chi connectivity index (χ2v) is 0.105. The molecule has 0 radical (unpaired) electrons. The molecule has 4 nitrogen and oxygen atoms in total. The van der Waals surface area contributed by atoms with E-state index in [-0.39, 0.29) is 18.3 Å². The minimum atomic E-state index is -0.250. The van der Waals surface area contributed by atoms with Gasteiger partial charge in [0.15, 0.2) is 0 Å². The van der Waals surface area contributed by atoms with Crippen LogP contribution >= 0.6 is 0 Å². The molecule has 0 amide bonds. The average molecular weight is 79.8 g/mol. The van der Waals surface area contributed by atoms with Gasteiger partial charge in [0, 0.05) is 0 Å². The predicted molar refractivity (Wildman–Crippen MR) is 15.9 cm³/mol. The topological polar surface area (TPSA) is 100 Å². The van der Waals surface area contributed by atoms with E-state index in [1.165, 1.54) is 0 Å². The van der Waals surface area contributed by atoms with Gasteiger partial charge < -0.3 is 11.0 Å². The molecule has 32 valence electrons. The van der Waals surface area contributed by atoms with Crippen LogP contribution in [-0.2, 0) is 4.70 Å². The molecular formula is H5BO4. The van der Waals surface area contributed by atoms with Crippen molar-refractivity contribution in [2.75, 3.05) is 0 Å². The Morgan fingerprint density at radius 1 is 1.40 bits per heavy atom. The molecule has 0 aliphatic heterocycles. The van der Waals surface area contributed by atoms with Crippen LogP contribution in [0.25, 0.3) is 0 Å². The SMILES string of the molecule is O.O.O=BO. The monoisotopic (exact) mass is 80.0 g/mol. The fourth-order valence-corrected chi connectivity index (χ4v) is 0. The Bertz CT molecular complexity index is 11.1. The Kier molecular flexibility index (Phi) is 328. The third kappa shape index (κ3) is 52.3. The van der Waals surface area contributed by atoms with Gasteiger partial charge >= 0.3 is 17.1 Å². The summed E-state index contributed by atoms with van der Waals surface area (Å²) in [5.41, 5.74) is 0. The van der Waals surface area contributed by atoms with Crippen LogP contribution in [0, 0.1) is 0 Å². The van der Waals surface area contributed by atoms with Crippen molar-refractivity contribution < 1.29 is 20.7 Å². The van der Waals surface area contributed by atoms with Gasteiger partial charge in [-0.1, -0.05) is 0 Å². The first-order chi connectivity index (χ1) is 1.41. The molecule has 0 saturated carbocycles. The van der Waals surface area contributed by atoms with E-state index >= 15 is 0 Å². The quantitative estimate of drug-likeness (QED) is 0.320. The molecule has 0 aliphatic carbocycles. The van der Waals surface area contributed by atoms with Crippen LogP contribution in [0.15, 0.2) is 0 Å². The number of rotatable bonds is 0. The van der Waals surface area contributed by atoms with Crippen molar-refractivity contribution in [1.29, 1.82) is 0 Å². The average Bonchev–Trinajstić information content (AvgIpc) is 0.918. The summed E-state index contributed by atoms with van der Waals surface area (Å²) < 4.78 is 8.36. The van der Waals surface area contributed by atoms with Crippen molar-refractivity contribution >= 4 is 7.35 Å². The minimum absolute atomic E-state index is 0. The van der Waals surface area contributed by atoms with Crippen molar-refractivity contribution in [1.82, 2.24) is 0 Å². The summed E-state index contributed by atoms with van der Waals surface area (Å²) in [5, 5.41) is 6.89.